The number of amides is 1. The molecule has 1 saturated carbocycles. The molecule has 1 aromatic carbocycles. The molecule has 1 heterocycles. The monoisotopic (exact) mass is 435 g/mol. The summed E-state index contributed by atoms with van der Waals surface area (Å²) in [5, 5.41) is 10.9. The van der Waals surface area contributed by atoms with Crippen LogP contribution >= 0.6 is 0 Å². The maximum Gasteiger partial charge on any atom is 0.267 e. The van der Waals surface area contributed by atoms with Crippen molar-refractivity contribution in [2.75, 3.05) is 17.2 Å². The van der Waals surface area contributed by atoms with Crippen LogP contribution in [0.25, 0.3) is 0 Å². The molecule has 162 valence electrons. The van der Waals surface area contributed by atoms with Crippen molar-refractivity contribution in [3.05, 3.63) is 40.2 Å². The highest BCUT2D eigenvalue weighted by molar-refractivity contribution is 7.89. The van der Waals surface area contributed by atoms with Gasteiger partial charge in [0.15, 0.2) is 5.82 Å². The second-order valence-corrected chi connectivity index (χ2v) is 9.04. The average molecular weight is 436 g/mol. The molecule has 0 spiro atoms. The van der Waals surface area contributed by atoms with Crippen LogP contribution < -0.4 is 32.8 Å². The molecule has 0 saturated heterocycles. The molecular formula is C18H25N7O4S. The predicted octanol–water partition coefficient (Wildman–Crippen LogP) is 0.333. The van der Waals surface area contributed by atoms with Crippen LogP contribution in [-0.4, -0.2) is 36.4 Å². The molecule has 1 fully saturated rings. The number of carbonyl (C=O) groups excluding carboxylic acids is 1. The fourth-order valence-electron chi connectivity index (χ4n) is 3.46. The van der Waals surface area contributed by atoms with Gasteiger partial charge >= 0.3 is 0 Å². The first-order valence-corrected chi connectivity index (χ1v) is 11.0. The number of nitrogens with zero attached hydrogens (tertiary/aromatic N) is 1. The minimum absolute atomic E-state index is 0.116. The molecule has 1 aliphatic carbocycles. The molecule has 0 aliphatic heterocycles. The number of aromatic nitrogens is 2. The van der Waals surface area contributed by atoms with Crippen molar-refractivity contribution in [3.63, 3.8) is 0 Å². The molecule has 0 radical (unpaired) electrons. The Morgan fingerprint density at radius 1 is 1.23 bits per heavy atom. The fraction of sp³-hybridized carbons (Fsp3) is 0.389. The Labute approximate surface area is 173 Å². The van der Waals surface area contributed by atoms with E-state index in [2.05, 4.69) is 20.6 Å². The number of nitrogens with two attached hydrogens (primary N) is 3. The van der Waals surface area contributed by atoms with E-state index in [-0.39, 0.29) is 27.9 Å². The number of hydrogen-bond donors (Lipinski definition) is 6. The summed E-state index contributed by atoms with van der Waals surface area (Å²) in [6.07, 6.45) is 4.93. The number of carbonyl (C=O) groups is 1. The number of primary sulfonamides is 1. The maximum atomic E-state index is 12.4. The minimum Gasteiger partial charge on any atom is -0.365 e. The van der Waals surface area contributed by atoms with Gasteiger partial charge in [0.2, 0.25) is 16.0 Å². The van der Waals surface area contributed by atoms with Gasteiger partial charge in [-0.2, -0.15) is 4.98 Å². The largest absolute Gasteiger partial charge is 0.365 e. The average Bonchev–Trinajstić information content (AvgIpc) is 2.66. The van der Waals surface area contributed by atoms with Gasteiger partial charge in [0, 0.05) is 17.8 Å². The van der Waals surface area contributed by atoms with Gasteiger partial charge in [-0.05, 0) is 31.0 Å². The smallest absolute Gasteiger partial charge is 0.267 e. The molecule has 0 bridgehead atoms. The van der Waals surface area contributed by atoms with Crippen molar-refractivity contribution < 1.29 is 13.2 Å². The van der Waals surface area contributed by atoms with Gasteiger partial charge in [0.25, 0.3) is 11.5 Å². The maximum absolute atomic E-state index is 12.4. The highest BCUT2D eigenvalue weighted by atomic mass is 32.2. The van der Waals surface area contributed by atoms with Crippen molar-refractivity contribution in [2.45, 2.75) is 42.5 Å². The third kappa shape index (κ3) is 5.14. The zero-order valence-electron chi connectivity index (χ0n) is 16.3. The van der Waals surface area contributed by atoms with Gasteiger partial charge in [-0.15, -0.1) is 0 Å². The van der Waals surface area contributed by atoms with E-state index in [1.54, 1.807) is 0 Å². The highest BCUT2D eigenvalue weighted by Gasteiger charge is 2.27. The molecule has 12 heteroatoms. The number of rotatable bonds is 7. The third-order valence-electron chi connectivity index (χ3n) is 5.05. The van der Waals surface area contributed by atoms with Crippen molar-refractivity contribution in [1.29, 1.82) is 0 Å². The standard InChI is InChI=1S/C18H25N7O4S/c19-14(26)13-15(23-11-5-4-6-12(9-11)30(21,28)29)24-17(25-16(13)27)22-10-18(20)7-2-1-3-8-18/h4-6,9H,1-3,7-8,10,20H2,(H2,19,26)(H2,21,28,29)(H3,22,23,24,25,27). The van der Waals surface area contributed by atoms with Gasteiger partial charge in [-0.3, -0.25) is 14.6 Å². The van der Waals surface area contributed by atoms with Gasteiger partial charge < -0.3 is 22.1 Å². The Kier molecular flexibility index (Phi) is 6.10. The van der Waals surface area contributed by atoms with Crippen LogP contribution in [0.3, 0.4) is 0 Å². The normalized spacial score (nSPS) is 16.1. The van der Waals surface area contributed by atoms with Gasteiger partial charge in [-0.25, -0.2) is 13.6 Å². The van der Waals surface area contributed by atoms with Crippen LogP contribution in [0.1, 0.15) is 42.5 Å². The Bertz CT molecular complexity index is 1110. The van der Waals surface area contributed by atoms with Crippen LogP contribution in [0.15, 0.2) is 34.0 Å². The van der Waals surface area contributed by atoms with Gasteiger partial charge in [-0.1, -0.05) is 25.3 Å². The number of sulfonamides is 1. The topological polar surface area (TPSA) is 199 Å². The molecule has 1 aromatic heterocycles. The summed E-state index contributed by atoms with van der Waals surface area (Å²) in [4.78, 5) is 30.8. The molecular weight excluding hydrogens is 410 g/mol. The first-order chi connectivity index (χ1) is 14.1. The number of hydrogen-bond acceptors (Lipinski definition) is 8. The zero-order chi connectivity index (χ0) is 21.9. The molecule has 9 N–H and O–H groups in total. The number of primary amides is 1. The molecule has 3 rings (SSSR count). The van der Waals surface area contributed by atoms with E-state index in [1.807, 2.05) is 0 Å². The minimum atomic E-state index is -3.93. The fourth-order valence-corrected chi connectivity index (χ4v) is 4.02. The van der Waals surface area contributed by atoms with Crippen molar-refractivity contribution in [2.24, 2.45) is 16.6 Å². The SMILES string of the molecule is NC(=O)c1c(Nc2cccc(S(N)(=O)=O)c2)nc(NCC2(N)CCCCC2)[nH]c1=O. The van der Waals surface area contributed by atoms with Gasteiger partial charge in [0.1, 0.15) is 5.56 Å². The van der Waals surface area contributed by atoms with Crippen molar-refractivity contribution in [3.8, 4) is 0 Å². The second-order valence-electron chi connectivity index (χ2n) is 7.48. The lowest BCUT2D eigenvalue weighted by atomic mass is 9.82. The Morgan fingerprint density at radius 2 is 1.93 bits per heavy atom. The molecule has 0 atom stereocenters. The van der Waals surface area contributed by atoms with Crippen molar-refractivity contribution in [1.82, 2.24) is 9.97 Å². The second kappa shape index (κ2) is 8.42. The number of aromatic amines is 1. The number of nitrogens with one attached hydrogen (secondary N) is 3. The van der Waals surface area contributed by atoms with E-state index < -0.39 is 27.0 Å². The third-order valence-corrected chi connectivity index (χ3v) is 5.96. The van der Waals surface area contributed by atoms with E-state index in [0.717, 1.165) is 32.1 Å². The van der Waals surface area contributed by atoms with E-state index in [1.165, 1.54) is 24.3 Å². The van der Waals surface area contributed by atoms with Crippen LogP contribution in [0.2, 0.25) is 0 Å². The lowest BCUT2D eigenvalue weighted by molar-refractivity contribution is 0.0999. The number of H-pyrrole nitrogens is 1. The first kappa shape index (κ1) is 21.7. The molecule has 30 heavy (non-hydrogen) atoms. The van der Waals surface area contributed by atoms with Gasteiger partial charge in [0.05, 0.1) is 4.90 Å². The Balaban J connectivity index is 1.91. The first-order valence-electron chi connectivity index (χ1n) is 9.44. The summed E-state index contributed by atoms with van der Waals surface area (Å²) >= 11 is 0. The molecule has 1 aliphatic rings. The van der Waals surface area contributed by atoms with Crippen molar-refractivity contribution >= 4 is 33.4 Å². The lowest BCUT2D eigenvalue weighted by Crippen LogP contribution is -2.48. The molecule has 1 amide bonds. The summed E-state index contributed by atoms with van der Waals surface area (Å²) in [6, 6.07) is 5.57. The summed E-state index contributed by atoms with van der Waals surface area (Å²) in [6.45, 7) is 0.395. The number of benzene rings is 1. The Hall–Kier alpha value is -2.96. The number of anilines is 3. The predicted molar refractivity (Wildman–Crippen MR) is 113 cm³/mol. The van der Waals surface area contributed by atoms with E-state index in [4.69, 9.17) is 16.6 Å². The highest BCUT2D eigenvalue weighted by Crippen LogP contribution is 2.26. The molecule has 0 unspecified atom stereocenters. The summed E-state index contributed by atoms with van der Waals surface area (Å²) in [7, 11) is -3.93. The lowest BCUT2D eigenvalue weighted by Gasteiger charge is -2.33. The quantitative estimate of drug-likeness (QED) is 0.357. The molecule has 11 nitrogen and oxygen atoms in total. The summed E-state index contributed by atoms with van der Waals surface area (Å²) < 4.78 is 23.1. The molecule has 2 aromatic rings. The van der Waals surface area contributed by atoms with Crippen LogP contribution in [0, 0.1) is 0 Å². The zero-order valence-corrected chi connectivity index (χ0v) is 17.1. The van der Waals surface area contributed by atoms with Crippen LogP contribution in [0.5, 0.6) is 0 Å². The summed E-state index contributed by atoms with van der Waals surface area (Å²) in [5.74, 6) is -0.983. The van der Waals surface area contributed by atoms with E-state index in [0.29, 0.717) is 6.54 Å². The van der Waals surface area contributed by atoms with Crippen LogP contribution in [-0.2, 0) is 10.0 Å². The Morgan fingerprint density at radius 3 is 2.57 bits per heavy atom. The van der Waals surface area contributed by atoms with Crippen LogP contribution in [0.4, 0.5) is 17.5 Å². The van der Waals surface area contributed by atoms with E-state index >= 15 is 0 Å². The summed E-state index contributed by atoms with van der Waals surface area (Å²) in [5.41, 5.74) is 10.5. The van der Waals surface area contributed by atoms with E-state index in [9.17, 15) is 18.0 Å².